The molecule has 2 N–H and O–H groups in total. The van der Waals surface area contributed by atoms with E-state index in [2.05, 4.69) is 10.2 Å². The van der Waals surface area contributed by atoms with E-state index in [4.69, 9.17) is 10.5 Å². The molecule has 2 heterocycles. The zero-order valence-corrected chi connectivity index (χ0v) is 17.1. The van der Waals surface area contributed by atoms with Crippen molar-refractivity contribution in [2.24, 2.45) is 11.7 Å². The number of hydrogen-bond donors (Lipinski definition) is 1. The first kappa shape index (κ1) is 21.0. The number of nitrogens with two attached hydrogens (primary N) is 1. The number of likely N-dealkylation sites (tertiary alicyclic amines) is 1. The van der Waals surface area contributed by atoms with Crippen molar-refractivity contribution in [3.63, 3.8) is 0 Å². The van der Waals surface area contributed by atoms with Gasteiger partial charge in [-0.05, 0) is 26.7 Å². The summed E-state index contributed by atoms with van der Waals surface area (Å²) in [6, 6.07) is 0. The normalized spacial score (nSPS) is 16.3. The van der Waals surface area contributed by atoms with Gasteiger partial charge in [0.05, 0.1) is 23.5 Å². The molecule has 2 rings (SSSR count). The van der Waals surface area contributed by atoms with Gasteiger partial charge in [0.1, 0.15) is 0 Å². The van der Waals surface area contributed by atoms with Gasteiger partial charge in [0.15, 0.2) is 8.68 Å². The zero-order chi connectivity index (χ0) is 19.1. The van der Waals surface area contributed by atoms with Crippen molar-refractivity contribution in [1.29, 1.82) is 0 Å². The number of esters is 1. The van der Waals surface area contributed by atoms with Gasteiger partial charge in [0.2, 0.25) is 11.8 Å². The van der Waals surface area contributed by atoms with Crippen LogP contribution in [0.1, 0.15) is 26.7 Å². The third kappa shape index (κ3) is 6.13. The molecule has 1 atom stereocenters. The first-order valence-electron chi connectivity index (χ1n) is 8.27. The van der Waals surface area contributed by atoms with Gasteiger partial charge in [-0.25, -0.2) is 0 Å². The van der Waals surface area contributed by atoms with Gasteiger partial charge in [0, 0.05) is 13.1 Å². The molecule has 0 radical (unpaired) electrons. The van der Waals surface area contributed by atoms with E-state index in [1.807, 2.05) is 6.92 Å². The molecule has 1 aromatic rings. The average Bonchev–Trinajstić information content (AvgIpc) is 3.07. The SMILES string of the molecule is CCOC(=O)C1CCN(C(=O)C(C)Sc2nnc(SCC(N)=O)s2)CC1. The van der Waals surface area contributed by atoms with E-state index in [9.17, 15) is 14.4 Å². The molecule has 0 spiro atoms. The molecule has 0 aliphatic carbocycles. The Labute approximate surface area is 164 Å². The lowest BCUT2D eigenvalue weighted by molar-refractivity contribution is -0.151. The number of hydrogen-bond acceptors (Lipinski definition) is 9. The highest BCUT2D eigenvalue weighted by Gasteiger charge is 2.30. The zero-order valence-electron chi connectivity index (χ0n) is 14.7. The third-order valence-electron chi connectivity index (χ3n) is 3.78. The van der Waals surface area contributed by atoms with Crippen LogP contribution >= 0.6 is 34.9 Å². The Bertz CT molecular complexity index is 647. The molecule has 0 bridgehead atoms. The molecule has 1 fully saturated rings. The molecule has 8 nitrogen and oxygen atoms in total. The molecular weight excluding hydrogens is 396 g/mol. The Hall–Kier alpha value is -1.33. The van der Waals surface area contributed by atoms with Gasteiger partial charge in [-0.2, -0.15) is 0 Å². The molecular formula is C15H22N4O4S3. The molecule has 1 aliphatic heterocycles. The van der Waals surface area contributed by atoms with Crippen LogP contribution in [0.4, 0.5) is 0 Å². The molecule has 144 valence electrons. The van der Waals surface area contributed by atoms with Crippen LogP contribution in [0.5, 0.6) is 0 Å². The Morgan fingerprint density at radius 2 is 1.96 bits per heavy atom. The minimum Gasteiger partial charge on any atom is -0.466 e. The molecule has 0 saturated carbocycles. The molecule has 1 aromatic heterocycles. The molecule has 11 heteroatoms. The number of ether oxygens (including phenoxy) is 1. The molecule has 26 heavy (non-hydrogen) atoms. The standard InChI is InChI=1S/C15H22N4O4S3/c1-3-23-13(22)10-4-6-19(7-5-10)12(21)9(2)25-15-18-17-14(26-15)24-8-11(16)20/h9-10H,3-8H2,1-2H3,(H2,16,20). The van der Waals surface area contributed by atoms with Gasteiger partial charge >= 0.3 is 5.97 Å². The van der Waals surface area contributed by atoms with Gasteiger partial charge in [-0.3, -0.25) is 14.4 Å². The van der Waals surface area contributed by atoms with Crippen molar-refractivity contribution in [2.45, 2.75) is 40.6 Å². The number of primary amides is 1. The summed E-state index contributed by atoms with van der Waals surface area (Å²) < 4.78 is 6.38. The Kier molecular flexibility index (Phi) is 8.16. The summed E-state index contributed by atoms with van der Waals surface area (Å²) in [5.74, 6) is -0.511. The van der Waals surface area contributed by atoms with E-state index >= 15 is 0 Å². The van der Waals surface area contributed by atoms with Crippen LogP contribution in [0.25, 0.3) is 0 Å². The summed E-state index contributed by atoms with van der Waals surface area (Å²) in [5.41, 5.74) is 5.11. The molecule has 2 amide bonds. The summed E-state index contributed by atoms with van der Waals surface area (Å²) in [7, 11) is 0. The van der Waals surface area contributed by atoms with Crippen LogP contribution in [-0.2, 0) is 19.1 Å². The first-order valence-corrected chi connectivity index (χ1v) is 11.0. The van der Waals surface area contributed by atoms with Crippen molar-refractivity contribution in [1.82, 2.24) is 15.1 Å². The van der Waals surface area contributed by atoms with E-state index in [0.29, 0.717) is 41.2 Å². The van der Waals surface area contributed by atoms with E-state index < -0.39 is 5.91 Å². The fourth-order valence-corrected chi connectivity index (χ4v) is 5.48. The summed E-state index contributed by atoms with van der Waals surface area (Å²) in [6.45, 7) is 5.13. The van der Waals surface area contributed by atoms with Crippen LogP contribution in [0.15, 0.2) is 8.68 Å². The van der Waals surface area contributed by atoms with E-state index in [1.54, 1.807) is 11.8 Å². The summed E-state index contributed by atoms with van der Waals surface area (Å²) in [5, 5.41) is 7.74. The highest BCUT2D eigenvalue weighted by molar-refractivity contribution is 8.04. The predicted octanol–water partition coefficient (Wildman–Crippen LogP) is 1.40. The summed E-state index contributed by atoms with van der Waals surface area (Å²) in [6.07, 6.45) is 1.27. The van der Waals surface area contributed by atoms with Crippen molar-refractivity contribution in [3.8, 4) is 0 Å². The van der Waals surface area contributed by atoms with Gasteiger partial charge in [0.25, 0.3) is 0 Å². The number of piperidine rings is 1. The number of carbonyl (C=O) groups excluding carboxylic acids is 3. The topological polar surface area (TPSA) is 115 Å². The number of aromatic nitrogens is 2. The molecule has 0 aromatic carbocycles. The van der Waals surface area contributed by atoms with Crippen LogP contribution in [0.3, 0.4) is 0 Å². The number of nitrogens with zero attached hydrogens (tertiary/aromatic N) is 3. The Morgan fingerprint density at radius 1 is 1.31 bits per heavy atom. The minimum absolute atomic E-state index is 0.0267. The lowest BCUT2D eigenvalue weighted by Crippen LogP contribution is -2.43. The van der Waals surface area contributed by atoms with Crippen molar-refractivity contribution in [2.75, 3.05) is 25.4 Å². The second-order valence-corrected chi connectivity index (χ2v) is 9.49. The van der Waals surface area contributed by atoms with E-state index in [-0.39, 0.29) is 28.8 Å². The smallest absolute Gasteiger partial charge is 0.309 e. The lowest BCUT2D eigenvalue weighted by atomic mass is 9.97. The van der Waals surface area contributed by atoms with Crippen LogP contribution in [0.2, 0.25) is 0 Å². The second-order valence-electron chi connectivity index (χ2n) is 5.70. The maximum atomic E-state index is 12.6. The monoisotopic (exact) mass is 418 g/mol. The number of amides is 2. The van der Waals surface area contributed by atoms with Gasteiger partial charge in [-0.15, -0.1) is 10.2 Å². The van der Waals surface area contributed by atoms with E-state index in [1.165, 1.54) is 34.9 Å². The Balaban J connectivity index is 1.81. The highest BCUT2D eigenvalue weighted by Crippen LogP contribution is 2.32. The van der Waals surface area contributed by atoms with Crippen molar-refractivity contribution >= 4 is 52.6 Å². The molecule has 1 unspecified atom stereocenters. The van der Waals surface area contributed by atoms with Crippen molar-refractivity contribution in [3.05, 3.63) is 0 Å². The number of carbonyl (C=O) groups is 3. The molecule has 1 aliphatic rings. The summed E-state index contributed by atoms with van der Waals surface area (Å²) >= 11 is 3.93. The van der Waals surface area contributed by atoms with E-state index in [0.717, 1.165) is 0 Å². The van der Waals surface area contributed by atoms with Gasteiger partial charge < -0.3 is 15.4 Å². The number of rotatable bonds is 8. The fraction of sp³-hybridized carbons (Fsp3) is 0.667. The van der Waals surface area contributed by atoms with Crippen LogP contribution in [0, 0.1) is 5.92 Å². The highest BCUT2D eigenvalue weighted by atomic mass is 32.2. The quantitative estimate of drug-likeness (QED) is 0.497. The van der Waals surface area contributed by atoms with Gasteiger partial charge in [-0.1, -0.05) is 34.9 Å². The minimum atomic E-state index is -0.408. The summed E-state index contributed by atoms with van der Waals surface area (Å²) in [4.78, 5) is 37.0. The third-order valence-corrected chi connectivity index (χ3v) is 7.03. The maximum absolute atomic E-state index is 12.6. The maximum Gasteiger partial charge on any atom is 0.309 e. The Morgan fingerprint density at radius 3 is 2.58 bits per heavy atom. The van der Waals surface area contributed by atoms with Crippen LogP contribution in [-0.4, -0.2) is 63.6 Å². The average molecular weight is 419 g/mol. The largest absolute Gasteiger partial charge is 0.466 e. The predicted molar refractivity (Wildman–Crippen MR) is 101 cm³/mol. The second kappa shape index (κ2) is 10.1. The van der Waals surface area contributed by atoms with Crippen molar-refractivity contribution < 1.29 is 19.1 Å². The van der Waals surface area contributed by atoms with Crippen LogP contribution < -0.4 is 5.73 Å². The molecule has 1 saturated heterocycles. The number of thioether (sulfide) groups is 2. The first-order chi connectivity index (χ1) is 12.4. The fourth-order valence-electron chi connectivity index (χ4n) is 2.49. The lowest BCUT2D eigenvalue weighted by Gasteiger charge is -2.32.